The molecule has 0 N–H and O–H groups in total. The Bertz CT molecular complexity index is 2710. The molecule has 50 heavy (non-hydrogen) atoms. The van der Waals surface area contributed by atoms with Gasteiger partial charge in [0.05, 0.1) is 27.8 Å². The molecule has 0 fully saturated rings. The molecule has 0 atom stereocenters. The van der Waals surface area contributed by atoms with Crippen molar-refractivity contribution in [2.24, 2.45) is 0 Å². The Morgan fingerprint density at radius 2 is 1.48 bits per heavy atom. The van der Waals surface area contributed by atoms with Crippen LogP contribution < -0.4 is 0 Å². The summed E-state index contributed by atoms with van der Waals surface area (Å²) in [6.07, 6.45) is 15.6. The van der Waals surface area contributed by atoms with Crippen molar-refractivity contribution in [3.05, 3.63) is 175 Å². The molecule has 9 rings (SSSR count). The first kappa shape index (κ1) is 29.8. The highest BCUT2D eigenvalue weighted by Gasteiger charge is 2.18. The fraction of sp³-hybridized carbons (Fsp3) is 0.0870. The molecule has 0 unspecified atom stereocenters. The maximum Gasteiger partial charge on any atom is 0.160 e. The van der Waals surface area contributed by atoms with E-state index in [0.717, 1.165) is 51.9 Å². The zero-order chi connectivity index (χ0) is 33.6. The Hall–Kier alpha value is -6.26. The Morgan fingerprint density at radius 3 is 2.32 bits per heavy atom. The topological polar surface area (TPSA) is 35.6 Å². The lowest BCUT2D eigenvalue weighted by molar-refractivity contribution is 1.02. The molecule has 4 heteroatoms. The minimum absolute atomic E-state index is 0.716. The molecule has 5 aromatic carbocycles. The molecular weight excluding hydrogens is 609 g/mol. The monoisotopic (exact) mass is 644 g/mol. The molecule has 1 aliphatic carbocycles. The zero-order valence-corrected chi connectivity index (χ0v) is 28.2. The molecule has 8 aromatic rings. The maximum atomic E-state index is 5.28. The average Bonchev–Trinajstić information content (AvgIpc) is 3.77. The van der Waals surface area contributed by atoms with Gasteiger partial charge in [0, 0.05) is 44.7 Å². The molecule has 0 bridgehead atoms. The number of hydrogen-bond donors (Lipinski definition) is 0. The fourth-order valence-electron chi connectivity index (χ4n) is 7.51. The molecule has 0 radical (unpaired) electrons. The number of hydrogen-bond acceptors (Lipinski definition) is 2. The van der Waals surface area contributed by atoms with Crippen LogP contribution in [-0.4, -0.2) is 19.1 Å². The zero-order valence-electron chi connectivity index (χ0n) is 28.2. The number of allylic oxidation sites excluding steroid dienone is 8. The second-order valence-corrected chi connectivity index (χ2v) is 12.9. The summed E-state index contributed by atoms with van der Waals surface area (Å²) >= 11 is 0. The summed E-state index contributed by atoms with van der Waals surface area (Å²) < 4.78 is 4.68. The van der Waals surface area contributed by atoms with E-state index in [1.165, 1.54) is 43.9 Å². The summed E-state index contributed by atoms with van der Waals surface area (Å²) in [5, 5.41) is 4.73. The number of fused-ring (bicyclic) bond motifs is 6. The summed E-state index contributed by atoms with van der Waals surface area (Å²) in [7, 11) is 0. The van der Waals surface area contributed by atoms with Crippen molar-refractivity contribution in [1.29, 1.82) is 0 Å². The summed E-state index contributed by atoms with van der Waals surface area (Å²) in [6, 6.07) is 43.0. The molecule has 0 spiro atoms. The van der Waals surface area contributed by atoms with Gasteiger partial charge in [-0.2, -0.15) is 0 Å². The van der Waals surface area contributed by atoms with E-state index in [0.29, 0.717) is 5.82 Å². The van der Waals surface area contributed by atoms with Crippen LogP contribution in [0.3, 0.4) is 0 Å². The first-order valence-corrected chi connectivity index (χ1v) is 17.4. The fourth-order valence-corrected chi connectivity index (χ4v) is 7.51. The lowest BCUT2D eigenvalue weighted by Gasteiger charge is -2.13. The second kappa shape index (κ2) is 12.3. The molecule has 0 amide bonds. The van der Waals surface area contributed by atoms with E-state index in [2.05, 4.69) is 181 Å². The number of rotatable bonds is 6. The van der Waals surface area contributed by atoms with Crippen molar-refractivity contribution in [1.82, 2.24) is 19.1 Å². The molecule has 240 valence electrons. The Labute approximate surface area is 291 Å². The summed E-state index contributed by atoms with van der Waals surface area (Å²) in [5.41, 5.74) is 12.2. The minimum Gasteiger partial charge on any atom is -0.316 e. The smallest absolute Gasteiger partial charge is 0.160 e. The van der Waals surface area contributed by atoms with E-state index in [-0.39, 0.29) is 0 Å². The Morgan fingerprint density at radius 1 is 0.680 bits per heavy atom. The van der Waals surface area contributed by atoms with E-state index in [4.69, 9.17) is 9.97 Å². The number of benzene rings is 5. The van der Waals surface area contributed by atoms with Gasteiger partial charge in [0.1, 0.15) is 0 Å². The molecule has 0 aliphatic heterocycles. The Kier molecular flexibility index (Phi) is 7.35. The summed E-state index contributed by atoms with van der Waals surface area (Å²) in [4.78, 5) is 10.4. The van der Waals surface area contributed by atoms with Gasteiger partial charge in [-0.3, -0.25) is 0 Å². The van der Waals surface area contributed by atoms with Gasteiger partial charge in [-0.25, -0.2) is 9.97 Å². The molecule has 3 heterocycles. The van der Waals surface area contributed by atoms with Crippen molar-refractivity contribution in [2.75, 3.05) is 0 Å². The van der Waals surface area contributed by atoms with Crippen LogP contribution in [0.1, 0.15) is 32.4 Å². The van der Waals surface area contributed by atoms with E-state index in [1.54, 1.807) is 0 Å². The average molecular weight is 645 g/mol. The third kappa shape index (κ3) is 5.00. The molecule has 1 aliphatic rings. The molecule has 0 saturated carbocycles. The normalized spacial score (nSPS) is 13.9. The van der Waals surface area contributed by atoms with Gasteiger partial charge in [0.15, 0.2) is 5.82 Å². The first-order valence-electron chi connectivity index (χ1n) is 17.4. The third-order valence-electron chi connectivity index (χ3n) is 9.89. The van der Waals surface area contributed by atoms with Crippen LogP contribution in [0.2, 0.25) is 0 Å². The standard InChI is InChI=1S/C46H36N4/c1-3-32(33-15-6-4-7-16-33)29-31(2)44-39-22-10-12-23-41(39)47-46(48-44)34-17-14-20-36(30-34)50-43-24-13-11-21-37(43)38-25-26-42-40(45(38)50)27-28-49(42)35-18-8-5-9-19-35/h3,5-6,8-30H,4,7H2,1-2H3. The minimum atomic E-state index is 0.716. The van der Waals surface area contributed by atoms with Crippen molar-refractivity contribution >= 4 is 49.2 Å². The van der Waals surface area contributed by atoms with Gasteiger partial charge >= 0.3 is 0 Å². The van der Waals surface area contributed by atoms with E-state index < -0.39 is 0 Å². The quantitative estimate of drug-likeness (QED) is 0.169. The number of nitrogens with zero attached hydrogens (tertiary/aromatic N) is 4. The molecular formula is C46H36N4. The lowest BCUT2D eigenvalue weighted by atomic mass is 9.96. The maximum absolute atomic E-state index is 5.28. The second-order valence-electron chi connectivity index (χ2n) is 12.9. The highest BCUT2D eigenvalue weighted by atomic mass is 15.0. The van der Waals surface area contributed by atoms with Crippen LogP contribution in [0.5, 0.6) is 0 Å². The predicted octanol–water partition coefficient (Wildman–Crippen LogP) is 12.0. The van der Waals surface area contributed by atoms with Crippen molar-refractivity contribution in [3.63, 3.8) is 0 Å². The molecule has 4 nitrogen and oxygen atoms in total. The summed E-state index contributed by atoms with van der Waals surface area (Å²) in [6.45, 7) is 4.27. The van der Waals surface area contributed by atoms with Crippen LogP contribution in [0, 0.1) is 0 Å². The van der Waals surface area contributed by atoms with Gasteiger partial charge in [-0.1, -0.05) is 97.1 Å². The van der Waals surface area contributed by atoms with E-state index in [1.807, 2.05) is 0 Å². The van der Waals surface area contributed by atoms with Crippen LogP contribution in [0.4, 0.5) is 0 Å². The first-order chi connectivity index (χ1) is 24.7. The van der Waals surface area contributed by atoms with Crippen LogP contribution in [0.15, 0.2) is 169 Å². The van der Waals surface area contributed by atoms with Gasteiger partial charge < -0.3 is 9.13 Å². The van der Waals surface area contributed by atoms with E-state index >= 15 is 0 Å². The molecule has 0 saturated heterocycles. The van der Waals surface area contributed by atoms with Crippen molar-refractivity contribution in [3.8, 4) is 22.8 Å². The van der Waals surface area contributed by atoms with Gasteiger partial charge in [-0.15, -0.1) is 0 Å². The van der Waals surface area contributed by atoms with Crippen molar-refractivity contribution in [2.45, 2.75) is 26.7 Å². The van der Waals surface area contributed by atoms with Gasteiger partial charge in [0.25, 0.3) is 0 Å². The lowest BCUT2D eigenvalue weighted by Crippen LogP contribution is -1.99. The van der Waals surface area contributed by atoms with Crippen LogP contribution >= 0.6 is 0 Å². The third-order valence-corrected chi connectivity index (χ3v) is 9.89. The van der Waals surface area contributed by atoms with Gasteiger partial charge in [0.2, 0.25) is 0 Å². The number of aromatic nitrogens is 4. The van der Waals surface area contributed by atoms with Crippen LogP contribution in [-0.2, 0) is 0 Å². The largest absolute Gasteiger partial charge is 0.316 e. The van der Waals surface area contributed by atoms with Crippen LogP contribution in [0.25, 0.3) is 71.9 Å². The SMILES string of the molecule is CC=C(C=C(C)c1nc(-c2cccc(-n3c4ccccc4c4ccc5c(ccn5-c5ccccc5)c43)c2)nc2ccccc12)C1=CCCC=C1. The highest BCUT2D eigenvalue weighted by molar-refractivity contribution is 6.18. The number of para-hydroxylation sites is 3. The van der Waals surface area contributed by atoms with Gasteiger partial charge in [-0.05, 0) is 98.0 Å². The van der Waals surface area contributed by atoms with Crippen molar-refractivity contribution < 1.29 is 0 Å². The molecule has 3 aromatic heterocycles. The highest BCUT2D eigenvalue weighted by Crippen LogP contribution is 2.38. The Balaban J connectivity index is 1.22. The summed E-state index contributed by atoms with van der Waals surface area (Å²) in [5.74, 6) is 0.716. The van der Waals surface area contributed by atoms with E-state index in [9.17, 15) is 0 Å². The predicted molar refractivity (Wildman–Crippen MR) is 210 cm³/mol.